The molecule has 0 aliphatic carbocycles. The molecule has 0 heterocycles. The molecule has 0 rings (SSSR count). The smallest absolute Gasteiger partial charge is 0.0751 e. The second kappa shape index (κ2) is 8.50. The molecule has 0 saturated carbocycles. The third-order valence-corrected chi connectivity index (χ3v) is 1.38. The van der Waals surface area contributed by atoms with Gasteiger partial charge in [0.2, 0.25) is 0 Å². The lowest BCUT2D eigenvalue weighted by atomic mass is 10.1. The zero-order valence-electron chi connectivity index (χ0n) is 6.29. The largest absolute Gasteiger partial charge is 0.516 e. The van der Waals surface area contributed by atoms with Crippen LogP contribution in [0, 0.1) is 0 Å². The van der Waals surface area contributed by atoms with Crippen molar-refractivity contribution in [1.29, 1.82) is 0 Å². The molecule has 2 N–H and O–H groups in total. The molecule has 0 fully saturated rings. The predicted molar refractivity (Wildman–Crippen MR) is 41.9 cm³/mol. The molecule has 0 saturated heterocycles. The lowest BCUT2D eigenvalue weighted by Gasteiger charge is -1.94. The van der Waals surface area contributed by atoms with E-state index >= 15 is 0 Å². The van der Waals surface area contributed by atoms with Crippen LogP contribution >= 0.6 is 0 Å². The van der Waals surface area contributed by atoms with Gasteiger partial charge in [-0.3, -0.25) is 0 Å². The molecule has 10 heavy (non-hydrogen) atoms. The first-order valence-corrected chi connectivity index (χ1v) is 3.82. The van der Waals surface area contributed by atoms with Gasteiger partial charge in [-0.2, -0.15) is 0 Å². The third kappa shape index (κ3) is 7.50. The quantitative estimate of drug-likeness (QED) is 0.442. The summed E-state index contributed by atoms with van der Waals surface area (Å²) in [5, 5.41) is 16.7. The SMILES string of the molecule is OC=CCCCCCCO. The van der Waals surface area contributed by atoms with E-state index in [0.29, 0.717) is 6.61 Å². The van der Waals surface area contributed by atoms with E-state index in [9.17, 15) is 0 Å². The molecule has 0 aromatic carbocycles. The zero-order valence-corrected chi connectivity index (χ0v) is 6.29. The number of hydrogen-bond donors (Lipinski definition) is 2. The van der Waals surface area contributed by atoms with E-state index in [-0.39, 0.29) is 0 Å². The van der Waals surface area contributed by atoms with Crippen molar-refractivity contribution >= 4 is 0 Å². The lowest BCUT2D eigenvalue weighted by molar-refractivity contribution is 0.282. The molecule has 0 aliphatic rings. The molecule has 0 unspecified atom stereocenters. The molecule has 0 aromatic heterocycles. The van der Waals surface area contributed by atoms with Crippen LogP contribution in [0.4, 0.5) is 0 Å². The topological polar surface area (TPSA) is 40.5 Å². The summed E-state index contributed by atoms with van der Waals surface area (Å²) in [6.45, 7) is 0.301. The molecule has 0 amide bonds. The fourth-order valence-electron chi connectivity index (χ4n) is 0.802. The Balaban J connectivity index is 2.77. The molecule has 0 aromatic rings. The summed E-state index contributed by atoms with van der Waals surface area (Å²) in [6.07, 6.45) is 8.04. The summed E-state index contributed by atoms with van der Waals surface area (Å²) in [5.41, 5.74) is 0. The second-order valence-corrected chi connectivity index (χ2v) is 2.31. The maximum atomic E-state index is 8.41. The van der Waals surface area contributed by atoms with Crippen molar-refractivity contribution in [2.45, 2.75) is 32.1 Å². The molecule has 0 atom stereocenters. The normalized spacial score (nSPS) is 10.9. The van der Waals surface area contributed by atoms with Crippen molar-refractivity contribution in [3.05, 3.63) is 12.3 Å². The molecule has 2 nitrogen and oxygen atoms in total. The van der Waals surface area contributed by atoms with E-state index < -0.39 is 0 Å². The van der Waals surface area contributed by atoms with E-state index in [2.05, 4.69) is 0 Å². The monoisotopic (exact) mass is 144 g/mol. The van der Waals surface area contributed by atoms with E-state index in [1.807, 2.05) is 0 Å². The first-order chi connectivity index (χ1) is 4.91. The van der Waals surface area contributed by atoms with Gasteiger partial charge in [-0.05, 0) is 19.3 Å². The summed E-state index contributed by atoms with van der Waals surface area (Å²) in [4.78, 5) is 0. The summed E-state index contributed by atoms with van der Waals surface area (Å²) in [7, 11) is 0. The van der Waals surface area contributed by atoms with E-state index in [1.54, 1.807) is 6.08 Å². The number of hydrogen-bond acceptors (Lipinski definition) is 2. The minimum Gasteiger partial charge on any atom is -0.516 e. The highest BCUT2D eigenvalue weighted by atomic mass is 16.3. The van der Waals surface area contributed by atoms with Gasteiger partial charge in [-0.1, -0.05) is 18.9 Å². The Morgan fingerprint density at radius 3 is 2.30 bits per heavy atom. The van der Waals surface area contributed by atoms with Crippen LogP contribution < -0.4 is 0 Å². The number of aliphatic hydroxyl groups excluding tert-OH is 2. The van der Waals surface area contributed by atoms with Crippen LogP contribution in [0.1, 0.15) is 32.1 Å². The van der Waals surface area contributed by atoms with Gasteiger partial charge in [0.05, 0.1) is 6.26 Å². The summed E-state index contributed by atoms with van der Waals surface area (Å²) in [5.74, 6) is 0. The van der Waals surface area contributed by atoms with Crippen LogP contribution in [0.3, 0.4) is 0 Å². The number of aliphatic hydroxyl groups is 2. The molecule has 2 heteroatoms. The van der Waals surface area contributed by atoms with Gasteiger partial charge < -0.3 is 10.2 Å². The molecule has 0 bridgehead atoms. The van der Waals surface area contributed by atoms with Gasteiger partial charge in [0.15, 0.2) is 0 Å². The minimum atomic E-state index is 0.301. The van der Waals surface area contributed by atoms with Crippen LogP contribution in [0.2, 0.25) is 0 Å². The summed E-state index contributed by atoms with van der Waals surface area (Å²) in [6, 6.07) is 0. The average Bonchev–Trinajstić information content (AvgIpc) is 1.97. The van der Waals surface area contributed by atoms with Crippen molar-refractivity contribution in [2.24, 2.45) is 0 Å². The fraction of sp³-hybridized carbons (Fsp3) is 0.750. The standard InChI is InChI=1S/C8H16O2/c9-7-5-3-1-2-4-6-8-10/h5,7,9-10H,1-4,6,8H2. The lowest BCUT2D eigenvalue weighted by Crippen LogP contribution is -1.82. The average molecular weight is 144 g/mol. The Morgan fingerprint density at radius 2 is 1.70 bits per heavy atom. The Hall–Kier alpha value is -0.500. The van der Waals surface area contributed by atoms with Crippen LogP contribution in [0.5, 0.6) is 0 Å². The highest BCUT2D eigenvalue weighted by Gasteiger charge is 1.85. The van der Waals surface area contributed by atoms with E-state index in [4.69, 9.17) is 10.2 Å². The number of rotatable bonds is 6. The first kappa shape index (κ1) is 9.50. The number of allylic oxidation sites excluding steroid dienone is 1. The Kier molecular flexibility index (Phi) is 8.07. The highest BCUT2D eigenvalue weighted by molar-refractivity contribution is 4.70. The van der Waals surface area contributed by atoms with E-state index in [1.165, 1.54) is 0 Å². The molecule has 0 spiro atoms. The molecule has 0 radical (unpaired) electrons. The molecular weight excluding hydrogens is 128 g/mol. The Bertz CT molecular complexity index is 79.3. The molecule has 60 valence electrons. The highest BCUT2D eigenvalue weighted by Crippen LogP contribution is 2.02. The van der Waals surface area contributed by atoms with Gasteiger partial charge in [-0.25, -0.2) is 0 Å². The van der Waals surface area contributed by atoms with Gasteiger partial charge >= 0.3 is 0 Å². The summed E-state index contributed by atoms with van der Waals surface area (Å²) >= 11 is 0. The van der Waals surface area contributed by atoms with Crippen LogP contribution in [0.15, 0.2) is 12.3 Å². The van der Waals surface area contributed by atoms with Crippen LogP contribution in [0.25, 0.3) is 0 Å². The van der Waals surface area contributed by atoms with Gasteiger partial charge in [0.25, 0.3) is 0 Å². The van der Waals surface area contributed by atoms with Crippen LogP contribution in [-0.4, -0.2) is 16.8 Å². The van der Waals surface area contributed by atoms with Crippen molar-refractivity contribution in [1.82, 2.24) is 0 Å². The Morgan fingerprint density at radius 1 is 1.00 bits per heavy atom. The molecular formula is C8H16O2. The second-order valence-electron chi connectivity index (χ2n) is 2.31. The van der Waals surface area contributed by atoms with Crippen molar-refractivity contribution in [3.8, 4) is 0 Å². The first-order valence-electron chi connectivity index (χ1n) is 3.82. The van der Waals surface area contributed by atoms with Crippen LogP contribution in [-0.2, 0) is 0 Å². The van der Waals surface area contributed by atoms with Gasteiger partial charge in [-0.15, -0.1) is 0 Å². The van der Waals surface area contributed by atoms with Crippen molar-refractivity contribution < 1.29 is 10.2 Å². The zero-order chi connectivity index (χ0) is 7.66. The predicted octanol–water partition coefficient (Wildman–Crippen LogP) is 2.00. The van der Waals surface area contributed by atoms with Gasteiger partial charge in [0, 0.05) is 6.61 Å². The third-order valence-electron chi connectivity index (χ3n) is 1.38. The minimum absolute atomic E-state index is 0.301. The maximum Gasteiger partial charge on any atom is 0.0751 e. The summed E-state index contributed by atoms with van der Waals surface area (Å²) < 4.78 is 0. The fourth-order valence-corrected chi connectivity index (χ4v) is 0.802. The number of unbranched alkanes of at least 4 members (excludes halogenated alkanes) is 4. The van der Waals surface area contributed by atoms with E-state index in [0.717, 1.165) is 38.4 Å². The van der Waals surface area contributed by atoms with Crippen molar-refractivity contribution in [2.75, 3.05) is 6.61 Å². The van der Waals surface area contributed by atoms with Crippen molar-refractivity contribution in [3.63, 3.8) is 0 Å². The molecule has 0 aliphatic heterocycles. The Labute approximate surface area is 62.2 Å². The maximum absolute atomic E-state index is 8.41. The van der Waals surface area contributed by atoms with Gasteiger partial charge in [0.1, 0.15) is 0 Å².